The van der Waals surface area contributed by atoms with Gasteiger partial charge < -0.3 is 26.2 Å². The Morgan fingerprint density at radius 3 is 2.04 bits per heavy atom. The lowest BCUT2D eigenvalue weighted by atomic mass is 9.88. The average Bonchev–Trinajstić information content (AvgIpc) is 2.54. The van der Waals surface area contributed by atoms with E-state index in [0.29, 0.717) is 0 Å². The van der Waals surface area contributed by atoms with Crippen LogP contribution in [0.15, 0.2) is 5.11 Å². The first-order valence-corrected chi connectivity index (χ1v) is 8.57. The third kappa shape index (κ3) is 8.12. The molecule has 0 aliphatic carbocycles. The number of nitrogens with zero attached hydrogens (tertiary/aromatic N) is 3. The molecule has 0 aliphatic rings. The maximum absolute atomic E-state index is 12.6. The highest BCUT2D eigenvalue weighted by molar-refractivity contribution is 5.90. The Morgan fingerprint density at radius 1 is 1.11 bits per heavy atom. The highest BCUT2D eigenvalue weighted by Crippen LogP contribution is 2.16. The number of hydrogen-bond acceptors (Lipinski definition) is 6. The number of rotatable bonds is 9. The van der Waals surface area contributed by atoms with Gasteiger partial charge in [0.15, 0.2) is 0 Å². The normalized spacial score (nSPS) is 16.4. The standard InChI is InChI=1S/C16H28N6O6/c1-7(8(2)12(17)23)10(14(25)26)19-13(24)11(9(3)21-22-18)20-15(27)28-16(4,5)6/h7-11H,1-6H3,(H2,17,23)(H,19,24)(H,20,27)(H,25,26)/t7-,8+,9+,10-,11-/m0/s1. The third-order valence-corrected chi connectivity index (χ3v) is 4.00. The number of nitrogens with two attached hydrogens (primary N) is 1. The number of carbonyl (C=O) groups is 4. The topological polar surface area (TPSA) is 197 Å². The molecule has 0 bridgehead atoms. The van der Waals surface area contributed by atoms with Crippen molar-refractivity contribution < 1.29 is 29.0 Å². The van der Waals surface area contributed by atoms with Crippen molar-refractivity contribution in [2.24, 2.45) is 22.7 Å². The van der Waals surface area contributed by atoms with Gasteiger partial charge in [-0.15, -0.1) is 0 Å². The monoisotopic (exact) mass is 400 g/mol. The van der Waals surface area contributed by atoms with E-state index < -0.39 is 59.4 Å². The molecule has 5 N–H and O–H groups in total. The fraction of sp³-hybridized carbons (Fsp3) is 0.750. The van der Waals surface area contributed by atoms with Crippen molar-refractivity contribution >= 4 is 23.9 Å². The van der Waals surface area contributed by atoms with Crippen molar-refractivity contribution in [1.82, 2.24) is 10.6 Å². The lowest BCUT2D eigenvalue weighted by Gasteiger charge is -2.29. The van der Waals surface area contributed by atoms with Crippen molar-refractivity contribution in [3.05, 3.63) is 10.4 Å². The molecule has 0 unspecified atom stereocenters. The molecular weight excluding hydrogens is 372 g/mol. The van der Waals surface area contributed by atoms with E-state index in [-0.39, 0.29) is 0 Å². The van der Waals surface area contributed by atoms with E-state index in [2.05, 4.69) is 20.7 Å². The molecule has 0 aromatic heterocycles. The summed E-state index contributed by atoms with van der Waals surface area (Å²) in [5, 5.41) is 17.3. The molecule has 0 saturated carbocycles. The van der Waals surface area contributed by atoms with Gasteiger partial charge in [-0.3, -0.25) is 9.59 Å². The van der Waals surface area contributed by atoms with Gasteiger partial charge in [-0.1, -0.05) is 25.9 Å². The van der Waals surface area contributed by atoms with E-state index in [1.54, 1.807) is 20.8 Å². The second-order valence-corrected chi connectivity index (χ2v) is 7.44. The number of carboxylic acid groups (broad SMARTS) is 1. The fourth-order valence-electron chi connectivity index (χ4n) is 2.20. The zero-order chi connectivity index (χ0) is 22.2. The molecule has 12 heteroatoms. The lowest BCUT2D eigenvalue weighted by molar-refractivity contribution is -0.144. The summed E-state index contributed by atoms with van der Waals surface area (Å²) in [7, 11) is 0. The summed E-state index contributed by atoms with van der Waals surface area (Å²) in [6.07, 6.45) is -0.946. The number of ether oxygens (including phenoxy) is 1. The minimum atomic E-state index is -1.46. The van der Waals surface area contributed by atoms with Crippen molar-refractivity contribution in [2.75, 3.05) is 0 Å². The molecule has 0 rings (SSSR count). The number of aliphatic carboxylic acids is 1. The van der Waals surface area contributed by atoms with E-state index in [9.17, 15) is 24.3 Å². The lowest BCUT2D eigenvalue weighted by Crippen LogP contribution is -2.58. The number of nitrogens with one attached hydrogen (secondary N) is 2. The Morgan fingerprint density at radius 2 is 1.64 bits per heavy atom. The van der Waals surface area contributed by atoms with Crippen LogP contribution in [0.2, 0.25) is 0 Å². The summed E-state index contributed by atoms with van der Waals surface area (Å²) in [4.78, 5) is 50.2. The summed E-state index contributed by atoms with van der Waals surface area (Å²) in [6.45, 7) is 9.10. The minimum Gasteiger partial charge on any atom is -0.480 e. The van der Waals surface area contributed by atoms with Gasteiger partial charge >= 0.3 is 12.1 Å². The number of amides is 3. The molecule has 0 saturated heterocycles. The van der Waals surface area contributed by atoms with Crippen LogP contribution < -0.4 is 16.4 Å². The number of azide groups is 1. The molecule has 0 aromatic rings. The van der Waals surface area contributed by atoms with Crippen LogP contribution >= 0.6 is 0 Å². The summed E-state index contributed by atoms with van der Waals surface area (Å²) >= 11 is 0. The van der Waals surface area contributed by atoms with E-state index >= 15 is 0 Å². The summed E-state index contributed by atoms with van der Waals surface area (Å²) in [6, 6.07) is -3.91. The van der Waals surface area contributed by atoms with Gasteiger partial charge in [0, 0.05) is 10.8 Å². The fourth-order valence-corrected chi connectivity index (χ4v) is 2.20. The number of primary amides is 1. The van der Waals surface area contributed by atoms with Gasteiger partial charge in [0.1, 0.15) is 17.7 Å². The Hall–Kier alpha value is -3.01. The molecule has 0 radical (unpaired) electrons. The van der Waals surface area contributed by atoms with Gasteiger partial charge in [0.2, 0.25) is 11.8 Å². The molecular formula is C16H28N6O6. The third-order valence-electron chi connectivity index (χ3n) is 4.00. The van der Waals surface area contributed by atoms with Crippen molar-refractivity contribution in [3.8, 4) is 0 Å². The number of carbonyl (C=O) groups excluding carboxylic acids is 3. The number of carboxylic acids is 1. The Balaban J connectivity index is 5.55. The first-order chi connectivity index (χ1) is 12.7. The first kappa shape index (κ1) is 25.0. The van der Waals surface area contributed by atoms with Gasteiger partial charge in [-0.05, 0) is 32.2 Å². The molecule has 0 fully saturated rings. The second-order valence-electron chi connectivity index (χ2n) is 7.44. The van der Waals surface area contributed by atoms with Gasteiger partial charge in [0.25, 0.3) is 0 Å². The maximum Gasteiger partial charge on any atom is 0.408 e. The quantitative estimate of drug-likeness (QED) is 0.252. The van der Waals surface area contributed by atoms with Gasteiger partial charge in [-0.25, -0.2) is 9.59 Å². The summed E-state index contributed by atoms with van der Waals surface area (Å²) < 4.78 is 5.07. The van der Waals surface area contributed by atoms with Crippen LogP contribution in [-0.4, -0.2) is 52.7 Å². The first-order valence-electron chi connectivity index (χ1n) is 8.57. The van der Waals surface area contributed by atoms with Crippen LogP contribution in [0.25, 0.3) is 10.4 Å². The largest absolute Gasteiger partial charge is 0.480 e. The maximum atomic E-state index is 12.6. The van der Waals surface area contributed by atoms with Crippen LogP contribution in [0.3, 0.4) is 0 Å². The number of hydrogen-bond donors (Lipinski definition) is 4. The molecule has 5 atom stereocenters. The highest BCUT2D eigenvalue weighted by Gasteiger charge is 2.36. The Labute approximate surface area is 162 Å². The summed E-state index contributed by atoms with van der Waals surface area (Å²) in [5.74, 6) is -4.70. The predicted molar refractivity (Wildman–Crippen MR) is 98.9 cm³/mol. The van der Waals surface area contributed by atoms with Crippen molar-refractivity contribution in [2.45, 2.75) is 65.3 Å². The van der Waals surface area contributed by atoms with E-state index in [0.717, 1.165) is 0 Å². The summed E-state index contributed by atoms with van der Waals surface area (Å²) in [5.41, 5.74) is 13.0. The van der Waals surface area contributed by atoms with Crippen LogP contribution in [0, 0.1) is 11.8 Å². The van der Waals surface area contributed by atoms with Gasteiger partial charge in [0.05, 0.1) is 6.04 Å². The average molecular weight is 400 g/mol. The van der Waals surface area contributed by atoms with E-state index in [4.69, 9.17) is 16.0 Å². The van der Waals surface area contributed by atoms with Gasteiger partial charge in [-0.2, -0.15) is 0 Å². The van der Waals surface area contributed by atoms with Crippen molar-refractivity contribution in [1.29, 1.82) is 0 Å². The molecule has 28 heavy (non-hydrogen) atoms. The molecule has 0 aromatic carbocycles. The van der Waals surface area contributed by atoms with E-state index in [1.165, 1.54) is 20.8 Å². The van der Waals surface area contributed by atoms with Crippen molar-refractivity contribution in [3.63, 3.8) is 0 Å². The predicted octanol–water partition coefficient (Wildman–Crippen LogP) is 0.905. The Kier molecular flexibility index (Phi) is 9.24. The zero-order valence-corrected chi connectivity index (χ0v) is 16.8. The second kappa shape index (κ2) is 10.4. The Bertz CT molecular complexity index is 655. The SMILES string of the molecule is C[C@H]([C@H](NC(=O)[C@@H](NC(=O)OC(C)(C)C)[C@@H](C)N=[N+]=[N-])C(=O)O)[C@@H](C)C(N)=O. The number of alkyl carbamates (subject to hydrolysis) is 1. The van der Waals surface area contributed by atoms with Crippen LogP contribution in [0.5, 0.6) is 0 Å². The smallest absolute Gasteiger partial charge is 0.408 e. The zero-order valence-electron chi connectivity index (χ0n) is 16.8. The van der Waals surface area contributed by atoms with E-state index in [1.807, 2.05) is 0 Å². The van der Waals surface area contributed by atoms with Crippen LogP contribution in [0.4, 0.5) is 4.79 Å². The molecule has 12 nitrogen and oxygen atoms in total. The molecule has 0 heterocycles. The molecule has 0 aliphatic heterocycles. The molecule has 3 amide bonds. The molecule has 0 spiro atoms. The van der Waals surface area contributed by atoms with Crippen LogP contribution in [-0.2, 0) is 19.1 Å². The highest BCUT2D eigenvalue weighted by atomic mass is 16.6. The van der Waals surface area contributed by atoms with Crippen LogP contribution in [0.1, 0.15) is 41.5 Å². The molecule has 158 valence electrons. The minimum absolute atomic E-state index is 0.723.